The lowest BCUT2D eigenvalue weighted by Gasteiger charge is -2.38. The van der Waals surface area contributed by atoms with Gasteiger partial charge in [0.2, 0.25) is 0 Å². The van der Waals surface area contributed by atoms with E-state index in [0.717, 1.165) is 0 Å². The van der Waals surface area contributed by atoms with Gasteiger partial charge < -0.3 is 9.13 Å². The first kappa shape index (κ1) is 24.2. The summed E-state index contributed by atoms with van der Waals surface area (Å²) in [4.78, 5) is 0. The van der Waals surface area contributed by atoms with Crippen LogP contribution in [0.3, 0.4) is 0 Å². The number of hydrogen-bond acceptors (Lipinski definition) is 2. The number of para-hydroxylation sites is 2. The molecule has 2 aromatic rings. The quantitative estimate of drug-likeness (QED) is 0.304. The highest BCUT2D eigenvalue weighted by Crippen LogP contribution is 2.47. The number of halogens is 2. The number of rotatable bonds is 6. The Labute approximate surface area is 199 Å². The minimum Gasteiger partial charge on any atom is -0.331 e. The molecule has 0 aliphatic carbocycles. The van der Waals surface area contributed by atoms with E-state index in [2.05, 4.69) is 113 Å². The van der Waals surface area contributed by atoms with Crippen LogP contribution in [0, 0.1) is 0 Å². The molecule has 0 saturated carbocycles. The van der Waals surface area contributed by atoms with E-state index in [4.69, 9.17) is 22.2 Å². The van der Waals surface area contributed by atoms with Gasteiger partial charge in [-0.1, -0.05) is 114 Å². The van der Waals surface area contributed by atoms with Crippen molar-refractivity contribution in [1.82, 2.24) is 0 Å². The Hall–Kier alpha value is -1.42. The second-order valence-electron chi connectivity index (χ2n) is 9.74. The standard InChI is InChI=1S/C26H36Cl2N2Si/c1-17(2)21-11-9-12-22(18(3)4)25(21)29-15-16-30(31(29,27)28)26-23(19(5)6)13-10-14-24(26)20(7)8/h9-20H,1-8H3. The van der Waals surface area contributed by atoms with Crippen molar-refractivity contribution >= 4 is 40.5 Å². The summed E-state index contributed by atoms with van der Waals surface area (Å²) in [6.07, 6.45) is 4.20. The molecular weight excluding hydrogens is 439 g/mol. The van der Waals surface area contributed by atoms with Crippen LogP contribution in [-0.2, 0) is 0 Å². The van der Waals surface area contributed by atoms with Crippen molar-refractivity contribution in [3.63, 3.8) is 0 Å². The van der Waals surface area contributed by atoms with Gasteiger partial charge in [-0.25, -0.2) is 0 Å². The van der Waals surface area contributed by atoms with E-state index in [1.165, 1.54) is 33.6 Å². The summed E-state index contributed by atoms with van der Waals surface area (Å²) in [5, 5.41) is 0. The van der Waals surface area contributed by atoms with Crippen LogP contribution in [0.1, 0.15) is 101 Å². The Morgan fingerprint density at radius 1 is 0.548 bits per heavy atom. The van der Waals surface area contributed by atoms with Gasteiger partial charge in [0.15, 0.2) is 0 Å². The van der Waals surface area contributed by atoms with Crippen molar-refractivity contribution in [3.05, 3.63) is 71.1 Å². The van der Waals surface area contributed by atoms with E-state index in [1.54, 1.807) is 0 Å². The maximum Gasteiger partial charge on any atom is 0.478 e. The molecule has 0 atom stereocenters. The molecule has 0 saturated heterocycles. The molecule has 2 nitrogen and oxygen atoms in total. The zero-order chi connectivity index (χ0) is 23.1. The molecule has 5 heteroatoms. The number of nitrogens with zero attached hydrogens (tertiary/aromatic N) is 2. The molecular formula is C26H36Cl2N2Si. The molecule has 0 aromatic heterocycles. The van der Waals surface area contributed by atoms with Gasteiger partial charge in [-0.3, -0.25) is 0 Å². The summed E-state index contributed by atoms with van der Waals surface area (Å²) in [6, 6.07) is 13.2. The van der Waals surface area contributed by atoms with E-state index in [0.29, 0.717) is 23.7 Å². The molecule has 0 unspecified atom stereocenters. The molecule has 1 aliphatic heterocycles. The van der Waals surface area contributed by atoms with Crippen molar-refractivity contribution < 1.29 is 0 Å². The van der Waals surface area contributed by atoms with Crippen molar-refractivity contribution in [2.75, 3.05) is 9.13 Å². The maximum atomic E-state index is 7.37. The Kier molecular flexibility index (Phi) is 7.20. The van der Waals surface area contributed by atoms with Crippen LogP contribution in [0.15, 0.2) is 48.8 Å². The molecule has 0 amide bonds. The zero-order valence-corrected chi connectivity index (χ0v) is 22.6. The van der Waals surface area contributed by atoms with E-state index in [-0.39, 0.29) is 0 Å². The lowest BCUT2D eigenvalue weighted by Crippen LogP contribution is -2.51. The van der Waals surface area contributed by atoms with Crippen molar-refractivity contribution in [2.45, 2.75) is 79.1 Å². The van der Waals surface area contributed by atoms with Gasteiger partial charge in [0.25, 0.3) is 0 Å². The van der Waals surface area contributed by atoms with Crippen molar-refractivity contribution in [3.8, 4) is 0 Å². The van der Waals surface area contributed by atoms with Crippen LogP contribution >= 0.6 is 22.2 Å². The van der Waals surface area contributed by atoms with Gasteiger partial charge in [-0.2, -0.15) is 0 Å². The second-order valence-corrected chi connectivity index (χ2v) is 15.5. The average Bonchev–Trinajstić information content (AvgIpc) is 3.00. The number of benzene rings is 2. The molecule has 3 rings (SSSR count). The highest BCUT2D eigenvalue weighted by Gasteiger charge is 2.50. The smallest absolute Gasteiger partial charge is 0.331 e. The highest BCUT2D eigenvalue weighted by atomic mass is 35.7. The maximum absolute atomic E-state index is 7.37. The van der Waals surface area contributed by atoms with Gasteiger partial charge >= 0.3 is 7.02 Å². The fourth-order valence-corrected chi connectivity index (χ4v) is 7.90. The van der Waals surface area contributed by atoms with E-state index in [9.17, 15) is 0 Å². The van der Waals surface area contributed by atoms with Crippen LogP contribution in [-0.4, -0.2) is 7.02 Å². The third-order valence-electron chi connectivity index (χ3n) is 6.11. The number of hydrogen-bond donors (Lipinski definition) is 0. The Balaban J connectivity index is 2.20. The summed E-state index contributed by atoms with van der Waals surface area (Å²) >= 11 is 14.7. The van der Waals surface area contributed by atoms with E-state index in [1.807, 2.05) is 0 Å². The number of anilines is 2. The molecule has 2 aromatic carbocycles. The van der Waals surface area contributed by atoms with Gasteiger partial charge in [-0.05, 0) is 45.9 Å². The fraction of sp³-hybridized carbons (Fsp3) is 0.462. The van der Waals surface area contributed by atoms with Crippen molar-refractivity contribution in [1.29, 1.82) is 0 Å². The predicted molar refractivity (Wildman–Crippen MR) is 141 cm³/mol. The molecule has 31 heavy (non-hydrogen) atoms. The van der Waals surface area contributed by atoms with Crippen LogP contribution in [0.5, 0.6) is 0 Å². The minimum atomic E-state index is -3.09. The van der Waals surface area contributed by atoms with Crippen LogP contribution in [0.4, 0.5) is 11.4 Å². The van der Waals surface area contributed by atoms with Crippen molar-refractivity contribution in [2.24, 2.45) is 0 Å². The predicted octanol–water partition coefficient (Wildman–Crippen LogP) is 8.89. The zero-order valence-electron chi connectivity index (χ0n) is 20.1. The third-order valence-corrected chi connectivity index (χ3v) is 10.2. The third kappa shape index (κ3) is 4.42. The van der Waals surface area contributed by atoms with Gasteiger partial charge in [-0.15, -0.1) is 0 Å². The average molecular weight is 476 g/mol. The first-order valence-electron chi connectivity index (χ1n) is 11.4. The fourth-order valence-electron chi connectivity index (χ4n) is 4.43. The molecule has 0 N–H and O–H groups in total. The second kappa shape index (κ2) is 9.21. The molecule has 168 valence electrons. The largest absolute Gasteiger partial charge is 0.478 e. The first-order valence-corrected chi connectivity index (χ1v) is 15.3. The van der Waals surface area contributed by atoms with Gasteiger partial charge in [0, 0.05) is 23.8 Å². The van der Waals surface area contributed by atoms with Crippen LogP contribution < -0.4 is 9.13 Å². The van der Waals surface area contributed by atoms with E-state index < -0.39 is 7.02 Å². The Morgan fingerprint density at radius 2 is 0.806 bits per heavy atom. The summed E-state index contributed by atoms with van der Waals surface area (Å²) in [7, 11) is -3.09. The molecule has 0 bridgehead atoms. The lowest BCUT2D eigenvalue weighted by molar-refractivity contribution is 0.832. The normalized spacial score (nSPS) is 15.9. The SMILES string of the molecule is CC(C)c1cccc(C(C)C)c1N1C=CN(c2c(C(C)C)cccc2C(C)C)[Si]1(Cl)Cl. The molecule has 0 radical (unpaired) electrons. The summed E-state index contributed by atoms with van der Waals surface area (Å²) in [6.45, 7) is 17.9. The van der Waals surface area contributed by atoms with Crippen LogP contribution in [0.2, 0.25) is 0 Å². The van der Waals surface area contributed by atoms with Gasteiger partial charge in [0.05, 0.1) is 0 Å². The van der Waals surface area contributed by atoms with Gasteiger partial charge in [0.1, 0.15) is 0 Å². The molecule has 1 aliphatic rings. The first-order chi connectivity index (χ1) is 14.5. The summed E-state index contributed by atoms with van der Waals surface area (Å²) in [5.74, 6) is 1.51. The molecule has 0 spiro atoms. The van der Waals surface area contributed by atoms with E-state index >= 15 is 0 Å². The Morgan fingerprint density at radius 3 is 1.03 bits per heavy atom. The topological polar surface area (TPSA) is 6.48 Å². The summed E-state index contributed by atoms with van der Waals surface area (Å²) < 4.78 is 4.37. The monoisotopic (exact) mass is 474 g/mol. The highest BCUT2D eigenvalue weighted by molar-refractivity contribution is 7.48. The molecule has 1 heterocycles. The molecule has 0 fully saturated rings. The lowest BCUT2D eigenvalue weighted by atomic mass is 9.92. The minimum absolute atomic E-state index is 0.378. The summed E-state index contributed by atoms with van der Waals surface area (Å²) in [5.41, 5.74) is 7.51. The van der Waals surface area contributed by atoms with Crippen LogP contribution in [0.25, 0.3) is 0 Å². The Bertz CT molecular complexity index is 836.